The predicted molar refractivity (Wildman–Crippen MR) is 133 cm³/mol. The van der Waals surface area contributed by atoms with E-state index in [1.807, 2.05) is 0 Å². The minimum Gasteiger partial charge on any atom is -0.340 e. The number of fused-ring (bicyclic) bond motifs is 1. The average molecular weight is 429 g/mol. The Hall–Kier alpha value is -2.72. The summed E-state index contributed by atoms with van der Waals surface area (Å²) in [5, 5.41) is 3.62. The number of hydrogen-bond acceptors (Lipinski definition) is 4. The molecule has 168 valence electrons. The lowest BCUT2D eigenvalue weighted by molar-refractivity contribution is 0.240. The van der Waals surface area contributed by atoms with E-state index in [0.29, 0.717) is 0 Å². The summed E-state index contributed by atoms with van der Waals surface area (Å²) in [7, 11) is 0. The third-order valence-corrected chi connectivity index (χ3v) is 6.08. The quantitative estimate of drug-likeness (QED) is 0.524. The molecule has 0 unspecified atom stereocenters. The van der Waals surface area contributed by atoms with E-state index < -0.39 is 0 Å². The van der Waals surface area contributed by atoms with Gasteiger partial charge in [-0.1, -0.05) is 84.0 Å². The van der Waals surface area contributed by atoms with Crippen molar-refractivity contribution in [2.45, 2.75) is 71.9 Å². The van der Waals surface area contributed by atoms with Gasteiger partial charge in [0.1, 0.15) is 11.6 Å². The van der Waals surface area contributed by atoms with Crippen molar-refractivity contribution in [3.05, 3.63) is 82.8 Å². The molecular weight excluding hydrogens is 392 g/mol. The van der Waals surface area contributed by atoms with Crippen LogP contribution in [0.2, 0.25) is 0 Å². The van der Waals surface area contributed by atoms with Crippen LogP contribution in [0, 0.1) is 0 Å². The lowest BCUT2D eigenvalue weighted by Gasteiger charge is -2.31. The fourth-order valence-corrected chi connectivity index (χ4v) is 4.09. The Balaban J connectivity index is 1.62. The van der Waals surface area contributed by atoms with Crippen molar-refractivity contribution in [1.29, 1.82) is 0 Å². The number of benzene rings is 2. The van der Waals surface area contributed by atoms with Gasteiger partial charge >= 0.3 is 0 Å². The van der Waals surface area contributed by atoms with Gasteiger partial charge in [0.25, 0.3) is 0 Å². The van der Waals surface area contributed by atoms with Gasteiger partial charge in [0.05, 0.1) is 5.69 Å². The molecule has 0 fully saturated rings. The molecule has 0 bridgehead atoms. The standard InChI is InChI=1S/C28H36N4/c1-27(2,3)21-12-14-22(15-13-21)29-25-23-16-17-32(18-20-10-8-7-9-11-20)19-24(23)30-26(31-25)28(4,5)6/h7-15H,16-19H2,1-6H3,(H,29,30,31). The van der Waals surface area contributed by atoms with E-state index in [2.05, 4.69) is 106 Å². The normalized spacial score (nSPS) is 14.8. The molecule has 0 amide bonds. The molecule has 0 aliphatic carbocycles. The number of aromatic nitrogens is 2. The maximum atomic E-state index is 5.03. The van der Waals surface area contributed by atoms with Crippen molar-refractivity contribution in [3.8, 4) is 0 Å². The molecule has 0 atom stereocenters. The van der Waals surface area contributed by atoms with Crippen molar-refractivity contribution < 1.29 is 0 Å². The molecule has 1 aliphatic rings. The van der Waals surface area contributed by atoms with E-state index in [-0.39, 0.29) is 10.8 Å². The highest BCUT2D eigenvalue weighted by molar-refractivity contribution is 5.61. The molecule has 32 heavy (non-hydrogen) atoms. The molecule has 4 heteroatoms. The maximum absolute atomic E-state index is 5.03. The van der Waals surface area contributed by atoms with Gasteiger partial charge in [-0.3, -0.25) is 4.90 Å². The van der Waals surface area contributed by atoms with Crippen LogP contribution in [0.3, 0.4) is 0 Å². The molecule has 1 N–H and O–H groups in total. The van der Waals surface area contributed by atoms with Crippen molar-refractivity contribution in [2.24, 2.45) is 0 Å². The first-order chi connectivity index (χ1) is 15.1. The summed E-state index contributed by atoms with van der Waals surface area (Å²) in [5.74, 6) is 1.86. The van der Waals surface area contributed by atoms with Crippen LogP contribution in [0.25, 0.3) is 0 Å². The molecule has 4 rings (SSSR count). The number of anilines is 2. The summed E-state index contributed by atoms with van der Waals surface area (Å²) in [4.78, 5) is 12.5. The van der Waals surface area contributed by atoms with Crippen molar-refractivity contribution in [2.75, 3.05) is 11.9 Å². The maximum Gasteiger partial charge on any atom is 0.137 e. The molecule has 0 spiro atoms. The molecule has 1 aromatic heterocycles. The van der Waals surface area contributed by atoms with Gasteiger partial charge in [-0.05, 0) is 35.1 Å². The SMILES string of the molecule is CC(C)(C)c1ccc(Nc2nc(C(C)(C)C)nc3c2CCN(Cc2ccccc2)C3)cc1. The smallest absolute Gasteiger partial charge is 0.137 e. The Labute approximate surface area is 193 Å². The number of nitrogens with one attached hydrogen (secondary N) is 1. The first-order valence-electron chi connectivity index (χ1n) is 11.6. The molecule has 0 saturated carbocycles. The molecule has 1 aliphatic heterocycles. The minimum absolute atomic E-state index is 0.108. The second-order valence-corrected chi connectivity index (χ2v) is 11.0. The predicted octanol–water partition coefficient (Wildman–Crippen LogP) is 6.37. The molecule has 0 saturated heterocycles. The molecule has 3 aromatic rings. The molecule has 4 nitrogen and oxygen atoms in total. The highest BCUT2D eigenvalue weighted by Crippen LogP contribution is 2.31. The summed E-state index contributed by atoms with van der Waals surface area (Å²) in [5.41, 5.74) is 6.20. The van der Waals surface area contributed by atoms with E-state index in [4.69, 9.17) is 9.97 Å². The van der Waals surface area contributed by atoms with Crippen LogP contribution in [0.4, 0.5) is 11.5 Å². The number of hydrogen-bond donors (Lipinski definition) is 1. The molecular formula is C28H36N4. The summed E-state index contributed by atoms with van der Waals surface area (Å²) in [6.45, 7) is 16.1. The minimum atomic E-state index is -0.108. The van der Waals surface area contributed by atoms with E-state index in [0.717, 1.165) is 49.1 Å². The zero-order chi connectivity index (χ0) is 22.9. The third-order valence-electron chi connectivity index (χ3n) is 6.08. The fourth-order valence-electron chi connectivity index (χ4n) is 4.09. The highest BCUT2D eigenvalue weighted by atomic mass is 15.2. The Kier molecular flexibility index (Phi) is 6.09. The zero-order valence-corrected chi connectivity index (χ0v) is 20.4. The van der Waals surface area contributed by atoms with Crippen LogP contribution in [0.5, 0.6) is 0 Å². The Bertz CT molecular complexity index is 1060. The molecule has 0 radical (unpaired) electrons. The summed E-state index contributed by atoms with van der Waals surface area (Å²) >= 11 is 0. The lowest BCUT2D eigenvalue weighted by atomic mass is 9.87. The van der Waals surface area contributed by atoms with Crippen LogP contribution in [0.1, 0.15) is 69.8 Å². The van der Waals surface area contributed by atoms with E-state index >= 15 is 0 Å². The van der Waals surface area contributed by atoms with Gasteiger partial charge in [-0.2, -0.15) is 0 Å². The van der Waals surface area contributed by atoms with Crippen LogP contribution in [0.15, 0.2) is 54.6 Å². The van der Waals surface area contributed by atoms with Crippen LogP contribution in [-0.2, 0) is 30.3 Å². The van der Waals surface area contributed by atoms with Gasteiger partial charge in [-0.25, -0.2) is 9.97 Å². The third kappa shape index (κ3) is 5.18. The van der Waals surface area contributed by atoms with Gasteiger partial charge < -0.3 is 5.32 Å². The van der Waals surface area contributed by atoms with Crippen molar-refractivity contribution >= 4 is 11.5 Å². The Morgan fingerprint density at radius 3 is 2.16 bits per heavy atom. The summed E-state index contributed by atoms with van der Waals surface area (Å²) in [6, 6.07) is 19.4. The highest BCUT2D eigenvalue weighted by Gasteiger charge is 2.26. The van der Waals surface area contributed by atoms with Crippen LogP contribution < -0.4 is 5.32 Å². The fraction of sp³-hybridized carbons (Fsp3) is 0.429. The Morgan fingerprint density at radius 1 is 0.844 bits per heavy atom. The van der Waals surface area contributed by atoms with Crippen LogP contribution >= 0.6 is 0 Å². The number of nitrogens with zero attached hydrogens (tertiary/aromatic N) is 3. The lowest BCUT2D eigenvalue weighted by Crippen LogP contribution is -2.33. The van der Waals surface area contributed by atoms with Crippen molar-refractivity contribution in [3.63, 3.8) is 0 Å². The van der Waals surface area contributed by atoms with Gasteiger partial charge in [0, 0.05) is 36.3 Å². The van der Waals surface area contributed by atoms with E-state index in [9.17, 15) is 0 Å². The largest absolute Gasteiger partial charge is 0.340 e. The molecule has 2 heterocycles. The molecule has 2 aromatic carbocycles. The first kappa shape index (κ1) is 22.5. The summed E-state index contributed by atoms with van der Waals surface area (Å²) < 4.78 is 0. The topological polar surface area (TPSA) is 41.1 Å². The van der Waals surface area contributed by atoms with Gasteiger partial charge in [-0.15, -0.1) is 0 Å². The second kappa shape index (κ2) is 8.67. The average Bonchev–Trinajstić information content (AvgIpc) is 2.73. The van der Waals surface area contributed by atoms with E-state index in [1.54, 1.807) is 0 Å². The monoisotopic (exact) mass is 428 g/mol. The van der Waals surface area contributed by atoms with Gasteiger partial charge in [0.15, 0.2) is 0 Å². The van der Waals surface area contributed by atoms with Crippen LogP contribution in [-0.4, -0.2) is 21.4 Å². The second-order valence-electron chi connectivity index (χ2n) is 11.0. The number of rotatable bonds is 4. The van der Waals surface area contributed by atoms with E-state index in [1.165, 1.54) is 16.7 Å². The Morgan fingerprint density at radius 2 is 1.53 bits per heavy atom. The summed E-state index contributed by atoms with van der Waals surface area (Å²) in [6.07, 6.45) is 0.953. The first-order valence-corrected chi connectivity index (χ1v) is 11.6. The zero-order valence-electron chi connectivity index (χ0n) is 20.4. The van der Waals surface area contributed by atoms with Gasteiger partial charge in [0.2, 0.25) is 0 Å². The van der Waals surface area contributed by atoms with Crippen molar-refractivity contribution in [1.82, 2.24) is 14.9 Å².